The Labute approximate surface area is 116 Å². The van der Waals surface area contributed by atoms with Crippen LogP contribution in [0, 0.1) is 17.8 Å². The lowest BCUT2D eigenvalue weighted by atomic mass is 9.97. The number of amides is 2. The Morgan fingerprint density at radius 2 is 1.68 bits per heavy atom. The molecule has 0 saturated carbocycles. The number of nitrogens with one attached hydrogen (secondary N) is 1. The van der Waals surface area contributed by atoms with Crippen molar-refractivity contribution >= 4 is 12.0 Å². The maximum absolute atomic E-state index is 11.9. The van der Waals surface area contributed by atoms with Crippen molar-refractivity contribution in [1.29, 1.82) is 0 Å². The number of carboxylic acid groups (broad SMARTS) is 1. The van der Waals surface area contributed by atoms with Crippen LogP contribution in [0.15, 0.2) is 0 Å². The fraction of sp³-hybridized carbons (Fsp3) is 0.857. The van der Waals surface area contributed by atoms with Gasteiger partial charge in [0, 0.05) is 19.6 Å². The largest absolute Gasteiger partial charge is 0.481 e. The molecule has 0 bridgehead atoms. The summed E-state index contributed by atoms with van der Waals surface area (Å²) in [6.07, 6.45) is 0.569. The summed E-state index contributed by atoms with van der Waals surface area (Å²) in [6, 6.07) is -0.0930. The van der Waals surface area contributed by atoms with Gasteiger partial charge in [-0.25, -0.2) is 4.79 Å². The first-order valence-electron chi connectivity index (χ1n) is 6.90. The van der Waals surface area contributed by atoms with Crippen LogP contribution in [0.3, 0.4) is 0 Å². The third-order valence-electron chi connectivity index (χ3n) is 3.50. The summed E-state index contributed by atoms with van der Waals surface area (Å²) in [7, 11) is 1.73. The third kappa shape index (κ3) is 6.45. The van der Waals surface area contributed by atoms with Crippen LogP contribution in [0.25, 0.3) is 0 Å². The predicted octanol–water partition coefficient (Wildman–Crippen LogP) is 2.42. The number of urea groups is 1. The Balaban J connectivity index is 4.36. The highest BCUT2D eigenvalue weighted by atomic mass is 16.4. The molecule has 0 saturated heterocycles. The lowest BCUT2D eigenvalue weighted by Crippen LogP contribution is -2.46. The molecule has 2 N–H and O–H groups in total. The first kappa shape index (κ1) is 17.7. The zero-order valence-electron chi connectivity index (χ0n) is 12.9. The number of nitrogens with zero attached hydrogens (tertiary/aromatic N) is 1. The van der Waals surface area contributed by atoms with Crippen molar-refractivity contribution in [2.75, 3.05) is 13.6 Å². The van der Waals surface area contributed by atoms with Crippen molar-refractivity contribution in [3.05, 3.63) is 0 Å². The highest BCUT2D eigenvalue weighted by molar-refractivity contribution is 5.76. The third-order valence-corrected chi connectivity index (χ3v) is 3.50. The second kappa shape index (κ2) is 8.02. The molecule has 0 aliphatic carbocycles. The molecule has 2 atom stereocenters. The van der Waals surface area contributed by atoms with Gasteiger partial charge in [0.1, 0.15) is 0 Å². The first-order valence-corrected chi connectivity index (χ1v) is 6.90. The van der Waals surface area contributed by atoms with Gasteiger partial charge in [-0.3, -0.25) is 4.79 Å². The summed E-state index contributed by atoms with van der Waals surface area (Å²) in [5.74, 6) is -0.715. The van der Waals surface area contributed by atoms with Gasteiger partial charge in [-0.1, -0.05) is 27.7 Å². The molecule has 0 spiro atoms. The topological polar surface area (TPSA) is 69.6 Å². The molecule has 2 unspecified atom stereocenters. The van der Waals surface area contributed by atoms with E-state index >= 15 is 0 Å². The maximum Gasteiger partial charge on any atom is 0.317 e. The number of carboxylic acids is 1. The molecule has 0 radical (unpaired) electrons. The minimum absolute atomic E-state index is 0.119. The van der Waals surface area contributed by atoms with Crippen molar-refractivity contribution in [3.63, 3.8) is 0 Å². The van der Waals surface area contributed by atoms with Crippen molar-refractivity contribution in [2.24, 2.45) is 17.8 Å². The van der Waals surface area contributed by atoms with E-state index in [0.29, 0.717) is 18.3 Å². The van der Waals surface area contributed by atoms with Crippen molar-refractivity contribution in [1.82, 2.24) is 10.2 Å². The fourth-order valence-corrected chi connectivity index (χ4v) is 1.81. The molecule has 0 aromatic carbocycles. The van der Waals surface area contributed by atoms with E-state index in [9.17, 15) is 9.59 Å². The maximum atomic E-state index is 11.9. The zero-order chi connectivity index (χ0) is 15.2. The number of aliphatic carboxylic acids is 1. The van der Waals surface area contributed by atoms with E-state index in [1.54, 1.807) is 11.9 Å². The summed E-state index contributed by atoms with van der Waals surface area (Å²) in [4.78, 5) is 24.6. The van der Waals surface area contributed by atoms with E-state index in [1.165, 1.54) is 0 Å². The van der Waals surface area contributed by atoms with Crippen molar-refractivity contribution < 1.29 is 14.7 Å². The zero-order valence-corrected chi connectivity index (χ0v) is 12.9. The minimum Gasteiger partial charge on any atom is -0.481 e. The van der Waals surface area contributed by atoms with Crippen LogP contribution in [0.5, 0.6) is 0 Å². The van der Waals surface area contributed by atoms with Crippen LogP contribution < -0.4 is 5.32 Å². The molecule has 0 aliphatic rings. The summed E-state index contributed by atoms with van der Waals surface area (Å²) in [6.45, 7) is 10.2. The van der Waals surface area contributed by atoms with Gasteiger partial charge in [0.15, 0.2) is 0 Å². The Kier molecular flexibility index (Phi) is 7.49. The highest BCUT2D eigenvalue weighted by Gasteiger charge is 2.22. The molecule has 0 heterocycles. The van der Waals surface area contributed by atoms with Gasteiger partial charge in [-0.2, -0.15) is 0 Å². The summed E-state index contributed by atoms with van der Waals surface area (Å²) >= 11 is 0. The monoisotopic (exact) mass is 272 g/mol. The summed E-state index contributed by atoms with van der Waals surface area (Å²) in [5, 5.41) is 11.8. The van der Waals surface area contributed by atoms with Gasteiger partial charge in [0.2, 0.25) is 0 Å². The standard InChI is InChI=1S/C14H28N2O3/c1-9(2)7-12(13(17)18)8-15-14(19)16(6)11(5)10(3)4/h9-12H,7-8H2,1-6H3,(H,15,19)(H,17,18). The van der Waals surface area contributed by atoms with E-state index in [4.69, 9.17) is 5.11 Å². The summed E-state index contributed by atoms with van der Waals surface area (Å²) in [5.41, 5.74) is 0. The van der Waals surface area contributed by atoms with Crippen LogP contribution >= 0.6 is 0 Å². The smallest absolute Gasteiger partial charge is 0.317 e. The Bertz CT molecular complexity index is 303. The molecular weight excluding hydrogens is 244 g/mol. The average Bonchev–Trinajstić information content (AvgIpc) is 2.31. The van der Waals surface area contributed by atoms with Gasteiger partial charge in [-0.05, 0) is 25.2 Å². The number of carbonyl (C=O) groups is 2. The minimum atomic E-state index is -0.853. The molecule has 0 fully saturated rings. The van der Waals surface area contributed by atoms with Gasteiger partial charge in [-0.15, -0.1) is 0 Å². The normalized spacial score (nSPS) is 14.3. The van der Waals surface area contributed by atoms with Gasteiger partial charge in [0.25, 0.3) is 0 Å². The van der Waals surface area contributed by atoms with E-state index < -0.39 is 11.9 Å². The van der Waals surface area contributed by atoms with Crippen LogP contribution in [-0.2, 0) is 4.79 Å². The Morgan fingerprint density at radius 1 is 1.16 bits per heavy atom. The van der Waals surface area contributed by atoms with Crippen LogP contribution in [-0.4, -0.2) is 41.6 Å². The van der Waals surface area contributed by atoms with Crippen LogP contribution in [0.2, 0.25) is 0 Å². The molecule has 0 rings (SSSR count). The lowest BCUT2D eigenvalue weighted by molar-refractivity contribution is -0.142. The molecule has 0 aromatic heterocycles. The van der Waals surface area contributed by atoms with E-state index in [-0.39, 0.29) is 18.6 Å². The average molecular weight is 272 g/mol. The molecule has 0 aliphatic heterocycles. The molecule has 19 heavy (non-hydrogen) atoms. The molecular formula is C14H28N2O3. The first-order chi connectivity index (χ1) is 8.66. The number of rotatable bonds is 7. The highest BCUT2D eigenvalue weighted by Crippen LogP contribution is 2.12. The van der Waals surface area contributed by atoms with E-state index in [0.717, 1.165) is 0 Å². The second-order valence-corrected chi connectivity index (χ2v) is 5.95. The van der Waals surface area contributed by atoms with Crippen LogP contribution in [0.1, 0.15) is 41.0 Å². The lowest BCUT2D eigenvalue weighted by Gasteiger charge is -2.28. The molecule has 5 heteroatoms. The quantitative estimate of drug-likeness (QED) is 0.747. The van der Waals surface area contributed by atoms with Crippen molar-refractivity contribution in [3.8, 4) is 0 Å². The number of hydrogen-bond acceptors (Lipinski definition) is 2. The molecule has 112 valence electrons. The molecule has 5 nitrogen and oxygen atoms in total. The van der Waals surface area contributed by atoms with Gasteiger partial charge < -0.3 is 15.3 Å². The number of carbonyl (C=O) groups excluding carboxylic acids is 1. The van der Waals surface area contributed by atoms with E-state index in [1.807, 2.05) is 34.6 Å². The van der Waals surface area contributed by atoms with E-state index in [2.05, 4.69) is 5.32 Å². The summed E-state index contributed by atoms with van der Waals surface area (Å²) < 4.78 is 0. The van der Waals surface area contributed by atoms with Gasteiger partial charge >= 0.3 is 12.0 Å². The Hall–Kier alpha value is -1.26. The van der Waals surface area contributed by atoms with Crippen LogP contribution in [0.4, 0.5) is 4.79 Å². The van der Waals surface area contributed by atoms with Crippen molar-refractivity contribution in [2.45, 2.75) is 47.1 Å². The van der Waals surface area contributed by atoms with Gasteiger partial charge in [0.05, 0.1) is 5.92 Å². The Morgan fingerprint density at radius 3 is 2.05 bits per heavy atom. The molecule has 2 amide bonds. The SMILES string of the molecule is CC(C)CC(CNC(=O)N(C)C(C)C(C)C)C(=O)O. The number of hydrogen-bond donors (Lipinski definition) is 2. The fourth-order valence-electron chi connectivity index (χ4n) is 1.81. The second-order valence-electron chi connectivity index (χ2n) is 5.95. The molecule has 0 aromatic rings. The predicted molar refractivity (Wildman–Crippen MR) is 76.0 cm³/mol.